The molecule has 15 heavy (non-hydrogen) atoms. The van der Waals surface area contributed by atoms with Gasteiger partial charge in [-0.3, -0.25) is 4.98 Å². The van der Waals surface area contributed by atoms with E-state index in [4.69, 9.17) is 0 Å². The van der Waals surface area contributed by atoms with Gasteiger partial charge in [0.1, 0.15) is 0 Å². The van der Waals surface area contributed by atoms with Crippen molar-refractivity contribution < 1.29 is 0 Å². The van der Waals surface area contributed by atoms with Gasteiger partial charge in [-0.15, -0.1) is 0 Å². The second-order valence-electron chi connectivity index (χ2n) is 3.85. The van der Waals surface area contributed by atoms with Gasteiger partial charge in [0.2, 0.25) is 0 Å². The third-order valence-corrected chi connectivity index (χ3v) is 2.55. The second kappa shape index (κ2) is 4.74. The summed E-state index contributed by atoms with van der Waals surface area (Å²) < 4.78 is 0. The Balaban J connectivity index is 1.96. The highest BCUT2D eigenvalue weighted by Crippen LogP contribution is 2.07. The Labute approximate surface area is 90.8 Å². The van der Waals surface area contributed by atoms with Crippen LogP contribution in [0.25, 0.3) is 0 Å². The van der Waals surface area contributed by atoms with Gasteiger partial charge < -0.3 is 0 Å². The lowest BCUT2D eigenvalue weighted by Crippen LogP contribution is -1.91. The summed E-state index contributed by atoms with van der Waals surface area (Å²) >= 11 is 0. The molecule has 0 radical (unpaired) electrons. The first-order valence-corrected chi connectivity index (χ1v) is 5.29. The van der Waals surface area contributed by atoms with E-state index in [1.807, 2.05) is 18.5 Å². The van der Waals surface area contributed by atoms with E-state index in [2.05, 4.69) is 42.2 Å². The van der Waals surface area contributed by atoms with Gasteiger partial charge in [0.05, 0.1) is 0 Å². The minimum atomic E-state index is 1.07. The molecule has 2 aromatic rings. The second-order valence-corrected chi connectivity index (χ2v) is 3.85. The van der Waals surface area contributed by atoms with E-state index in [0.717, 1.165) is 12.8 Å². The molecule has 0 saturated heterocycles. The van der Waals surface area contributed by atoms with Crippen LogP contribution in [-0.2, 0) is 12.8 Å². The molecule has 1 heteroatoms. The molecule has 0 atom stereocenters. The molecule has 1 nitrogen and oxygen atoms in total. The van der Waals surface area contributed by atoms with Crippen LogP contribution in [0.3, 0.4) is 0 Å². The van der Waals surface area contributed by atoms with Crippen LogP contribution in [0, 0.1) is 6.92 Å². The maximum Gasteiger partial charge on any atom is 0.0299 e. The number of nitrogens with zero attached hydrogens (tertiary/aromatic N) is 1. The first-order valence-electron chi connectivity index (χ1n) is 5.29. The van der Waals surface area contributed by atoms with E-state index < -0.39 is 0 Å². The van der Waals surface area contributed by atoms with Crippen molar-refractivity contribution in [2.75, 3.05) is 0 Å². The Bertz CT molecular complexity index is 403. The normalized spacial score (nSPS) is 10.2. The van der Waals surface area contributed by atoms with Gasteiger partial charge in [0.15, 0.2) is 0 Å². The molecule has 0 aliphatic rings. The maximum atomic E-state index is 4.11. The lowest BCUT2D eigenvalue weighted by Gasteiger charge is -2.01. The molecule has 0 saturated carbocycles. The van der Waals surface area contributed by atoms with Crippen molar-refractivity contribution in [3.63, 3.8) is 0 Å². The van der Waals surface area contributed by atoms with Gasteiger partial charge in [-0.05, 0) is 37.0 Å². The van der Waals surface area contributed by atoms with Crippen molar-refractivity contribution in [1.29, 1.82) is 0 Å². The van der Waals surface area contributed by atoms with E-state index >= 15 is 0 Å². The molecule has 76 valence electrons. The number of aryl methyl sites for hydroxylation is 3. The summed E-state index contributed by atoms with van der Waals surface area (Å²) in [5, 5.41) is 0. The molecule has 0 unspecified atom stereocenters. The fourth-order valence-electron chi connectivity index (χ4n) is 1.59. The van der Waals surface area contributed by atoms with E-state index in [0.29, 0.717) is 0 Å². The molecular weight excluding hydrogens is 182 g/mol. The SMILES string of the molecule is Cc1ccc(CCc2cccnc2)cc1. The Morgan fingerprint density at radius 2 is 1.67 bits per heavy atom. The first kappa shape index (κ1) is 9.91. The molecule has 2 rings (SSSR count). The van der Waals surface area contributed by atoms with Crippen molar-refractivity contribution in [3.8, 4) is 0 Å². The average Bonchev–Trinajstić information content (AvgIpc) is 2.30. The van der Waals surface area contributed by atoms with Gasteiger partial charge in [-0.1, -0.05) is 35.9 Å². The zero-order chi connectivity index (χ0) is 10.5. The van der Waals surface area contributed by atoms with Crippen LogP contribution in [0.2, 0.25) is 0 Å². The van der Waals surface area contributed by atoms with Crippen LogP contribution in [-0.4, -0.2) is 4.98 Å². The largest absolute Gasteiger partial charge is 0.264 e. The summed E-state index contributed by atoms with van der Waals surface area (Å²) in [4.78, 5) is 4.11. The smallest absolute Gasteiger partial charge is 0.0299 e. The predicted molar refractivity (Wildman–Crippen MR) is 62.8 cm³/mol. The average molecular weight is 197 g/mol. The van der Waals surface area contributed by atoms with Gasteiger partial charge in [0.25, 0.3) is 0 Å². The quantitative estimate of drug-likeness (QED) is 0.736. The highest BCUT2D eigenvalue weighted by molar-refractivity contribution is 5.22. The molecule has 1 aromatic heterocycles. The van der Waals surface area contributed by atoms with Crippen molar-refractivity contribution in [2.24, 2.45) is 0 Å². The number of pyridine rings is 1. The van der Waals surface area contributed by atoms with Crippen LogP contribution in [0.15, 0.2) is 48.8 Å². The summed E-state index contributed by atoms with van der Waals surface area (Å²) in [7, 11) is 0. The third-order valence-electron chi connectivity index (χ3n) is 2.55. The molecule has 0 spiro atoms. The highest BCUT2D eigenvalue weighted by atomic mass is 14.6. The summed E-state index contributed by atoms with van der Waals surface area (Å²) in [6.45, 7) is 2.12. The number of hydrogen-bond acceptors (Lipinski definition) is 1. The molecular formula is C14H15N. The lowest BCUT2D eigenvalue weighted by molar-refractivity contribution is 0.949. The third kappa shape index (κ3) is 2.91. The summed E-state index contributed by atoms with van der Waals surface area (Å²) in [5.41, 5.74) is 4.02. The zero-order valence-electron chi connectivity index (χ0n) is 8.98. The van der Waals surface area contributed by atoms with E-state index in [1.165, 1.54) is 16.7 Å². The van der Waals surface area contributed by atoms with E-state index in [1.54, 1.807) is 0 Å². The van der Waals surface area contributed by atoms with Crippen LogP contribution < -0.4 is 0 Å². The standard InChI is InChI=1S/C14H15N/c1-12-4-6-13(7-5-12)8-9-14-3-2-10-15-11-14/h2-7,10-11H,8-9H2,1H3. The van der Waals surface area contributed by atoms with Gasteiger partial charge in [-0.25, -0.2) is 0 Å². The number of benzene rings is 1. The number of hydrogen-bond donors (Lipinski definition) is 0. The number of rotatable bonds is 3. The van der Waals surface area contributed by atoms with Crippen molar-refractivity contribution in [3.05, 3.63) is 65.5 Å². The Morgan fingerprint density at radius 3 is 2.33 bits per heavy atom. The fourth-order valence-corrected chi connectivity index (χ4v) is 1.59. The predicted octanol–water partition coefficient (Wildman–Crippen LogP) is 3.18. The molecule has 1 heterocycles. The molecule has 0 aliphatic carbocycles. The van der Waals surface area contributed by atoms with Gasteiger partial charge in [0, 0.05) is 12.4 Å². The minimum Gasteiger partial charge on any atom is -0.264 e. The van der Waals surface area contributed by atoms with Gasteiger partial charge >= 0.3 is 0 Å². The summed E-state index contributed by atoms with van der Waals surface area (Å²) in [6.07, 6.45) is 5.91. The van der Waals surface area contributed by atoms with Crippen molar-refractivity contribution >= 4 is 0 Å². The molecule has 1 aromatic carbocycles. The van der Waals surface area contributed by atoms with E-state index in [-0.39, 0.29) is 0 Å². The monoisotopic (exact) mass is 197 g/mol. The van der Waals surface area contributed by atoms with E-state index in [9.17, 15) is 0 Å². The van der Waals surface area contributed by atoms with Crippen molar-refractivity contribution in [1.82, 2.24) is 4.98 Å². The lowest BCUT2D eigenvalue weighted by atomic mass is 10.0. The molecule has 0 aliphatic heterocycles. The van der Waals surface area contributed by atoms with Crippen LogP contribution >= 0.6 is 0 Å². The van der Waals surface area contributed by atoms with Crippen molar-refractivity contribution in [2.45, 2.75) is 19.8 Å². The fraction of sp³-hybridized carbons (Fsp3) is 0.214. The topological polar surface area (TPSA) is 12.9 Å². The zero-order valence-corrected chi connectivity index (χ0v) is 8.98. The maximum absolute atomic E-state index is 4.11. The van der Waals surface area contributed by atoms with Crippen LogP contribution in [0.4, 0.5) is 0 Å². The highest BCUT2D eigenvalue weighted by Gasteiger charge is 1.95. The Hall–Kier alpha value is -1.63. The molecule has 0 N–H and O–H groups in total. The molecule has 0 bridgehead atoms. The minimum absolute atomic E-state index is 1.07. The Morgan fingerprint density at radius 1 is 0.933 bits per heavy atom. The Kier molecular flexibility index (Phi) is 3.13. The molecule has 0 fully saturated rings. The number of aromatic nitrogens is 1. The van der Waals surface area contributed by atoms with Crippen LogP contribution in [0.5, 0.6) is 0 Å². The van der Waals surface area contributed by atoms with Gasteiger partial charge in [-0.2, -0.15) is 0 Å². The summed E-state index contributed by atoms with van der Waals surface area (Å²) in [5.74, 6) is 0. The molecule has 0 amide bonds. The van der Waals surface area contributed by atoms with Crippen LogP contribution in [0.1, 0.15) is 16.7 Å². The first-order chi connectivity index (χ1) is 7.34. The summed E-state index contributed by atoms with van der Waals surface area (Å²) in [6, 6.07) is 12.8.